The van der Waals surface area contributed by atoms with E-state index in [0.29, 0.717) is 18.3 Å². The molecule has 2 fully saturated rings. The maximum atomic E-state index is 11.4. The molecule has 0 radical (unpaired) electrons. The number of hydrogen-bond donors (Lipinski definition) is 2. The summed E-state index contributed by atoms with van der Waals surface area (Å²) in [4.78, 5) is 11.5. The van der Waals surface area contributed by atoms with Crippen molar-refractivity contribution >= 4 is 15.8 Å². The Bertz CT molecular complexity index is 698. The van der Waals surface area contributed by atoms with E-state index in [0.717, 1.165) is 50.3 Å². The molecule has 1 aliphatic carbocycles. The number of piperidine rings is 1. The number of nitrogens with two attached hydrogens (primary N) is 1. The highest BCUT2D eigenvalue weighted by molar-refractivity contribution is 7.88. The van der Waals surface area contributed by atoms with Gasteiger partial charge in [-0.05, 0) is 25.7 Å². The Hall–Kier alpha value is -1.29. The number of methoxy groups -OCH3 is 1. The predicted molar refractivity (Wildman–Crippen MR) is 95.9 cm³/mol. The monoisotopic (exact) mass is 369 g/mol. The van der Waals surface area contributed by atoms with E-state index in [1.165, 1.54) is 6.26 Å². The van der Waals surface area contributed by atoms with Crippen molar-refractivity contribution in [2.24, 2.45) is 5.73 Å². The fourth-order valence-corrected chi connectivity index (χ4v) is 4.34. The molecule has 25 heavy (non-hydrogen) atoms. The van der Waals surface area contributed by atoms with E-state index < -0.39 is 10.0 Å². The summed E-state index contributed by atoms with van der Waals surface area (Å²) >= 11 is 0. The third kappa shape index (κ3) is 4.87. The maximum Gasteiger partial charge on any atom is 0.208 e. The number of nitrogens with one attached hydrogen (secondary N) is 1. The van der Waals surface area contributed by atoms with E-state index in [1.54, 1.807) is 7.11 Å². The minimum atomic E-state index is -3.16. The molecule has 0 spiro atoms. The molecule has 0 unspecified atom stereocenters. The van der Waals surface area contributed by atoms with Crippen molar-refractivity contribution < 1.29 is 13.2 Å². The van der Waals surface area contributed by atoms with Gasteiger partial charge in [-0.1, -0.05) is 0 Å². The fourth-order valence-electron chi connectivity index (χ4n) is 3.50. The third-order valence-corrected chi connectivity index (χ3v) is 5.61. The van der Waals surface area contributed by atoms with E-state index in [4.69, 9.17) is 10.5 Å². The minimum absolute atomic E-state index is 0.00404. The summed E-state index contributed by atoms with van der Waals surface area (Å²) in [6.45, 7) is 1.91. The van der Waals surface area contributed by atoms with Gasteiger partial charge in [-0.25, -0.2) is 23.1 Å². The largest absolute Gasteiger partial charge is 0.377 e. The van der Waals surface area contributed by atoms with Crippen LogP contribution in [0.2, 0.25) is 0 Å². The summed E-state index contributed by atoms with van der Waals surface area (Å²) in [5.41, 5.74) is 6.95. The van der Waals surface area contributed by atoms with Gasteiger partial charge in [0.2, 0.25) is 10.0 Å². The van der Waals surface area contributed by atoms with Crippen LogP contribution in [0.25, 0.3) is 0 Å². The van der Waals surface area contributed by atoms with Gasteiger partial charge in [-0.2, -0.15) is 0 Å². The Kier molecular flexibility index (Phi) is 5.57. The van der Waals surface area contributed by atoms with Crippen molar-refractivity contribution in [1.82, 2.24) is 14.7 Å². The van der Waals surface area contributed by atoms with E-state index in [1.807, 2.05) is 0 Å². The molecule has 9 heteroatoms. The molecule has 3 rings (SSSR count). The fraction of sp³-hybridized carbons (Fsp3) is 0.750. The van der Waals surface area contributed by atoms with Gasteiger partial charge in [-0.3, -0.25) is 0 Å². The SMILES string of the molecule is COCc1nc(C2CC(N)C2)cc(N2CCC(NS(C)(=O)=O)CC2)n1. The number of anilines is 1. The number of aromatic nitrogens is 2. The smallest absolute Gasteiger partial charge is 0.208 e. The van der Waals surface area contributed by atoms with Gasteiger partial charge in [0.05, 0.1) is 6.26 Å². The van der Waals surface area contributed by atoms with Crippen LogP contribution in [0.1, 0.15) is 43.1 Å². The molecule has 0 atom stereocenters. The third-order valence-electron chi connectivity index (χ3n) is 4.84. The molecule has 0 amide bonds. The summed E-state index contributed by atoms with van der Waals surface area (Å²) in [5.74, 6) is 1.99. The van der Waals surface area contributed by atoms with Crippen LogP contribution in [0.3, 0.4) is 0 Å². The highest BCUT2D eigenvalue weighted by Gasteiger charge is 2.30. The highest BCUT2D eigenvalue weighted by atomic mass is 32.2. The zero-order valence-corrected chi connectivity index (χ0v) is 15.6. The summed E-state index contributed by atoms with van der Waals surface area (Å²) in [6.07, 6.45) is 4.66. The Morgan fingerprint density at radius 3 is 2.56 bits per heavy atom. The highest BCUT2D eigenvalue weighted by Crippen LogP contribution is 2.36. The molecule has 1 aromatic rings. The second kappa shape index (κ2) is 7.53. The topological polar surface area (TPSA) is 110 Å². The van der Waals surface area contributed by atoms with Gasteiger partial charge in [-0.15, -0.1) is 0 Å². The van der Waals surface area contributed by atoms with E-state index in [-0.39, 0.29) is 12.1 Å². The predicted octanol–water partition coefficient (Wildman–Crippen LogP) is 0.346. The maximum absolute atomic E-state index is 11.4. The molecule has 3 N–H and O–H groups in total. The van der Waals surface area contributed by atoms with E-state index >= 15 is 0 Å². The quantitative estimate of drug-likeness (QED) is 0.744. The van der Waals surface area contributed by atoms with Crippen LogP contribution in [0.4, 0.5) is 5.82 Å². The van der Waals surface area contributed by atoms with Crippen molar-refractivity contribution in [2.75, 3.05) is 31.4 Å². The number of nitrogens with zero attached hydrogens (tertiary/aromatic N) is 3. The van der Waals surface area contributed by atoms with Crippen LogP contribution in [0, 0.1) is 0 Å². The molecule has 1 aromatic heterocycles. The van der Waals surface area contributed by atoms with E-state index in [2.05, 4.69) is 25.7 Å². The number of sulfonamides is 1. The summed E-state index contributed by atoms with van der Waals surface area (Å²) in [6, 6.07) is 2.32. The number of rotatable bonds is 6. The second-order valence-corrected chi connectivity index (χ2v) is 8.86. The zero-order chi connectivity index (χ0) is 18.0. The van der Waals surface area contributed by atoms with Gasteiger partial charge in [0.25, 0.3) is 0 Å². The van der Waals surface area contributed by atoms with Gasteiger partial charge >= 0.3 is 0 Å². The van der Waals surface area contributed by atoms with Gasteiger partial charge in [0.15, 0.2) is 5.82 Å². The molecule has 0 bridgehead atoms. The minimum Gasteiger partial charge on any atom is -0.377 e. The summed E-state index contributed by atoms with van der Waals surface area (Å²) in [7, 11) is -1.53. The molecular formula is C16H27N5O3S. The van der Waals surface area contributed by atoms with Gasteiger partial charge in [0.1, 0.15) is 12.4 Å². The first-order valence-electron chi connectivity index (χ1n) is 8.68. The Morgan fingerprint density at radius 1 is 1.32 bits per heavy atom. The Balaban J connectivity index is 1.71. The van der Waals surface area contributed by atoms with Crippen LogP contribution >= 0.6 is 0 Å². The first-order chi connectivity index (χ1) is 11.8. The lowest BCUT2D eigenvalue weighted by molar-refractivity contribution is 0.177. The van der Waals surface area contributed by atoms with Crippen LogP contribution < -0.4 is 15.4 Å². The molecule has 2 aliphatic rings. The summed E-state index contributed by atoms with van der Waals surface area (Å²) in [5, 5.41) is 0. The Morgan fingerprint density at radius 2 is 2.00 bits per heavy atom. The molecule has 2 heterocycles. The van der Waals surface area contributed by atoms with Crippen molar-refractivity contribution in [3.8, 4) is 0 Å². The molecule has 1 saturated carbocycles. The summed E-state index contributed by atoms with van der Waals surface area (Å²) < 4.78 is 30.7. The first kappa shape index (κ1) is 18.5. The normalized spacial score (nSPS) is 25.0. The van der Waals surface area contributed by atoms with E-state index in [9.17, 15) is 8.42 Å². The van der Waals surface area contributed by atoms with Crippen LogP contribution in [0.5, 0.6) is 0 Å². The van der Waals surface area contributed by atoms with Crippen LogP contribution in [0.15, 0.2) is 6.07 Å². The Labute approximate surface area is 149 Å². The number of hydrogen-bond acceptors (Lipinski definition) is 7. The second-order valence-electron chi connectivity index (χ2n) is 7.08. The average molecular weight is 369 g/mol. The molecule has 8 nitrogen and oxygen atoms in total. The lowest BCUT2D eigenvalue weighted by Crippen LogP contribution is -2.44. The van der Waals surface area contributed by atoms with Crippen molar-refractivity contribution in [3.05, 3.63) is 17.6 Å². The van der Waals surface area contributed by atoms with Crippen molar-refractivity contribution in [3.63, 3.8) is 0 Å². The lowest BCUT2D eigenvalue weighted by atomic mass is 9.78. The molecule has 1 saturated heterocycles. The standard InChI is InChI=1S/C16H27N5O3S/c1-24-10-15-18-14(11-7-12(17)8-11)9-16(19-15)21-5-3-13(4-6-21)20-25(2,22)23/h9,11-13,20H,3-8,10,17H2,1-2H3. The van der Waals surface area contributed by atoms with Crippen molar-refractivity contribution in [2.45, 2.75) is 50.3 Å². The average Bonchev–Trinajstić information content (AvgIpc) is 2.51. The molecule has 0 aromatic carbocycles. The van der Waals surface area contributed by atoms with Crippen molar-refractivity contribution in [1.29, 1.82) is 0 Å². The molecular weight excluding hydrogens is 342 g/mol. The van der Waals surface area contributed by atoms with Gasteiger partial charge < -0.3 is 15.4 Å². The molecule has 140 valence electrons. The van der Waals surface area contributed by atoms with Crippen LogP contribution in [-0.2, 0) is 21.4 Å². The molecule has 1 aliphatic heterocycles. The zero-order valence-electron chi connectivity index (χ0n) is 14.8. The number of ether oxygens (including phenoxy) is 1. The van der Waals surface area contributed by atoms with Crippen LogP contribution in [-0.4, -0.2) is 56.9 Å². The lowest BCUT2D eigenvalue weighted by Gasteiger charge is -2.35. The first-order valence-corrected chi connectivity index (χ1v) is 10.6. The van der Waals surface area contributed by atoms with Gasteiger partial charge in [0, 0.05) is 50.0 Å².